The van der Waals surface area contributed by atoms with Crippen molar-refractivity contribution in [1.82, 2.24) is 14.8 Å². The van der Waals surface area contributed by atoms with Gasteiger partial charge in [-0.1, -0.05) is 18.6 Å². The fraction of sp³-hybridized carbons (Fsp3) is 0.500. The zero-order valence-electron chi connectivity index (χ0n) is 12.2. The molecule has 1 aromatic heterocycles. The number of rotatable bonds is 3. The molecule has 5 heteroatoms. The van der Waals surface area contributed by atoms with Crippen LogP contribution in [-0.2, 0) is 0 Å². The lowest BCUT2D eigenvalue weighted by molar-refractivity contribution is 0.392. The van der Waals surface area contributed by atoms with Crippen molar-refractivity contribution in [2.45, 2.75) is 37.6 Å². The molecule has 1 aliphatic heterocycles. The van der Waals surface area contributed by atoms with Crippen molar-refractivity contribution < 1.29 is 4.74 Å². The summed E-state index contributed by atoms with van der Waals surface area (Å²) in [6.45, 7) is 0.935. The molecule has 0 spiro atoms. The molecule has 21 heavy (non-hydrogen) atoms. The van der Waals surface area contributed by atoms with E-state index in [0.717, 1.165) is 30.5 Å². The van der Waals surface area contributed by atoms with Crippen LogP contribution >= 0.6 is 0 Å². The van der Waals surface area contributed by atoms with Gasteiger partial charge in [-0.15, -0.1) is 0 Å². The number of hydrogen-bond acceptors (Lipinski definition) is 4. The van der Waals surface area contributed by atoms with E-state index >= 15 is 0 Å². The molecule has 1 aliphatic carbocycles. The van der Waals surface area contributed by atoms with E-state index in [0.29, 0.717) is 5.92 Å². The van der Waals surface area contributed by atoms with Crippen LogP contribution in [-0.4, -0.2) is 28.4 Å². The highest BCUT2D eigenvalue weighted by Gasteiger charge is 2.29. The van der Waals surface area contributed by atoms with E-state index in [1.807, 2.05) is 12.1 Å². The van der Waals surface area contributed by atoms with Crippen LogP contribution < -0.4 is 10.1 Å². The molecular weight excluding hydrogens is 264 g/mol. The lowest BCUT2D eigenvalue weighted by Crippen LogP contribution is -2.24. The Balaban J connectivity index is 1.70. The maximum Gasteiger partial charge on any atom is 0.221 e. The third kappa shape index (κ3) is 2.17. The highest BCUT2D eigenvalue weighted by Crippen LogP contribution is 2.37. The van der Waals surface area contributed by atoms with Gasteiger partial charge in [0.2, 0.25) is 5.95 Å². The predicted molar refractivity (Wildman–Crippen MR) is 80.9 cm³/mol. The number of nitrogens with one attached hydrogen (secondary N) is 1. The van der Waals surface area contributed by atoms with Crippen LogP contribution in [0.2, 0.25) is 0 Å². The van der Waals surface area contributed by atoms with Gasteiger partial charge in [0, 0.05) is 12.5 Å². The Hall–Kier alpha value is -2.04. The molecule has 0 amide bonds. The minimum Gasteiger partial charge on any atom is -0.497 e. The lowest BCUT2D eigenvalue weighted by Gasteiger charge is -2.25. The number of fused-ring (bicyclic) bond motifs is 1. The van der Waals surface area contributed by atoms with Crippen LogP contribution in [0.4, 0.5) is 5.95 Å². The van der Waals surface area contributed by atoms with E-state index in [4.69, 9.17) is 14.8 Å². The lowest BCUT2D eigenvalue weighted by atomic mass is 9.85. The molecule has 1 unspecified atom stereocenters. The number of anilines is 1. The van der Waals surface area contributed by atoms with Crippen LogP contribution in [0.1, 0.15) is 49.0 Å². The van der Waals surface area contributed by atoms with Crippen molar-refractivity contribution in [3.05, 3.63) is 35.7 Å². The summed E-state index contributed by atoms with van der Waals surface area (Å²) in [5.41, 5.74) is 1.24. The van der Waals surface area contributed by atoms with Crippen molar-refractivity contribution in [1.29, 1.82) is 0 Å². The van der Waals surface area contributed by atoms with Gasteiger partial charge < -0.3 is 10.1 Å². The fourth-order valence-electron chi connectivity index (χ4n) is 3.12. The molecule has 0 bridgehead atoms. The van der Waals surface area contributed by atoms with E-state index < -0.39 is 0 Å². The largest absolute Gasteiger partial charge is 0.497 e. The Labute approximate surface area is 124 Å². The number of ether oxygens (including phenoxy) is 1. The van der Waals surface area contributed by atoms with Gasteiger partial charge in [0.05, 0.1) is 13.2 Å². The summed E-state index contributed by atoms with van der Waals surface area (Å²) in [5.74, 6) is 3.39. The van der Waals surface area contributed by atoms with Crippen LogP contribution in [0.3, 0.4) is 0 Å². The molecular formula is C16H20N4O. The van der Waals surface area contributed by atoms with Crippen LogP contribution in [0.25, 0.3) is 0 Å². The number of methoxy groups -OCH3 is 1. The molecule has 1 aromatic carbocycles. The maximum absolute atomic E-state index is 5.34. The molecule has 1 fully saturated rings. The molecule has 2 aliphatic rings. The van der Waals surface area contributed by atoms with Gasteiger partial charge in [0.15, 0.2) is 5.82 Å². The van der Waals surface area contributed by atoms with Crippen molar-refractivity contribution in [2.24, 2.45) is 0 Å². The molecule has 5 nitrogen and oxygen atoms in total. The zero-order chi connectivity index (χ0) is 14.2. The second-order valence-corrected chi connectivity index (χ2v) is 5.87. The minimum absolute atomic E-state index is 0.248. The predicted octanol–water partition coefficient (Wildman–Crippen LogP) is 2.96. The summed E-state index contributed by atoms with van der Waals surface area (Å²) in [4.78, 5) is 4.70. The van der Waals surface area contributed by atoms with Crippen molar-refractivity contribution in [3.8, 4) is 5.75 Å². The molecule has 2 heterocycles. The van der Waals surface area contributed by atoms with E-state index in [1.54, 1.807) is 7.11 Å². The average Bonchev–Trinajstić information content (AvgIpc) is 2.88. The standard InChI is InChI=1S/C16H20N4O/c1-21-13-7-3-6-12(10-13)14-8-9-17-16-18-15(19-20(14)16)11-4-2-5-11/h3,6-7,10-11,14H,2,4-5,8-9H2,1H3,(H,17,18,19). The molecule has 1 atom stereocenters. The van der Waals surface area contributed by atoms with E-state index in [9.17, 15) is 0 Å². The number of nitrogens with zero attached hydrogens (tertiary/aromatic N) is 3. The molecule has 2 aromatic rings. The van der Waals surface area contributed by atoms with Crippen LogP contribution in [0.5, 0.6) is 5.75 Å². The first-order valence-corrected chi connectivity index (χ1v) is 7.69. The average molecular weight is 284 g/mol. The smallest absolute Gasteiger partial charge is 0.221 e. The second kappa shape index (κ2) is 5.06. The third-order valence-corrected chi connectivity index (χ3v) is 4.59. The second-order valence-electron chi connectivity index (χ2n) is 5.87. The topological polar surface area (TPSA) is 52.0 Å². The Morgan fingerprint density at radius 2 is 2.19 bits per heavy atom. The first kappa shape index (κ1) is 12.7. The zero-order valence-corrected chi connectivity index (χ0v) is 12.2. The van der Waals surface area contributed by atoms with E-state index in [1.165, 1.54) is 24.8 Å². The summed E-state index contributed by atoms with van der Waals surface area (Å²) in [7, 11) is 1.71. The van der Waals surface area contributed by atoms with Gasteiger partial charge in [-0.25, -0.2) is 4.68 Å². The van der Waals surface area contributed by atoms with Gasteiger partial charge in [0.1, 0.15) is 5.75 Å². The molecule has 0 radical (unpaired) electrons. The quantitative estimate of drug-likeness (QED) is 0.941. The first-order chi connectivity index (χ1) is 10.3. The maximum atomic E-state index is 5.34. The Kier molecular flexibility index (Phi) is 3.05. The molecule has 0 saturated heterocycles. The van der Waals surface area contributed by atoms with Gasteiger partial charge in [-0.05, 0) is 37.0 Å². The summed E-state index contributed by atoms with van der Waals surface area (Å²) < 4.78 is 7.40. The fourth-order valence-corrected chi connectivity index (χ4v) is 3.12. The third-order valence-electron chi connectivity index (χ3n) is 4.59. The Bertz CT molecular complexity index is 647. The summed E-state index contributed by atoms with van der Waals surface area (Å²) in [5, 5.41) is 8.16. The van der Waals surface area contributed by atoms with E-state index in [2.05, 4.69) is 22.1 Å². The number of benzene rings is 1. The normalized spacial score (nSPS) is 21.3. The Morgan fingerprint density at radius 1 is 1.29 bits per heavy atom. The van der Waals surface area contributed by atoms with Gasteiger partial charge in [-0.2, -0.15) is 10.1 Å². The highest BCUT2D eigenvalue weighted by atomic mass is 16.5. The van der Waals surface area contributed by atoms with Gasteiger partial charge >= 0.3 is 0 Å². The van der Waals surface area contributed by atoms with Crippen molar-refractivity contribution in [2.75, 3.05) is 19.0 Å². The molecule has 1 N–H and O–H groups in total. The van der Waals surface area contributed by atoms with Crippen LogP contribution in [0.15, 0.2) is 24.3 Å². The van der Waals surface area contributed by atoms with Gasteiger partial charge in [0.25, 0.3) is 0 Å². The summed E-state index contributed by atoms with van der Waals surface area (Å²) in [6.07, 6.45) is 4.79. The molecule has 110 valence electrons. The SMILES string of the molecule is COc1cccc(C2CCNc3nc(C4CCC4)nn32)c1. The summed E-state index contributed by atoms with van der Waals surface area (Å²) in [6, 6.07) is 8.52. The summed E-state index contributed by atoms with van der Waals surface area (Å²) >= 11 is 0. The first-order valence-electron chi connectivity index (χ1n) is 7.69. The van der Waals surface area contributed by atoms with Crippen molar-refractivity contribution in [3.63, 3.8) is 0 Å². The minimum atomic E-state index is 0.248. The molecule has 4 rings (SSSR count). The highest BCUT2D eigenvalue weighted by molar-refractivity contribution is 5.36. The monoisotopic (exact) mass is 284 g/mol. The van der Waals surface area contributed by atoms with E-state index in [-0.39, 0.29) is 6.04 Å². The number of hydrogen-bond donors (Lipinski definition) is 1. The van der Waals surface area contributed by atoms with Crippen LogP contribution in [0, 0.1) is 0 Å². The van der Waals surface area contributed by atoms with Gasteiger partial charge in [-0.3, -0.25) is 0 Å². The molecule has 1 saturated carbocycles. The Morgan fingerprint density at radius 3 is 2.95 bits per heavy atom. The number of aromatic nitrogens is 3. The van der Waals surface area contributed by atoms with Crippen molar-refractivity contribution >= 4 is 5.95 Å².